The predicted molar refractivity (Wildman–Crippen MR) is 66.5 cm³/mol. The summed E-state index contributed by atoms with van der Waals surface area (Å²) in [5.74, 6) is 2.40. The first kappa shape index (κ1) is 11.6. The van der Waals surface area contributed by atoms with E-state index in [0.717, 1.165) is 19.1 Å². The number of hydrogen-bond donors (Lipinski definition) is 1. The van der Waals surface area contributed by atoms with Crippen LogP contribution in [0.5, 0.6) is 0 Å². The number of imidazole rings is 1. The van der Waals surface area contributed by atoms with E-state index in [1.165, 1.54) is 18.7 Å². The second-order valence-corrected chi connectivity index (χ2v) is 5.02. The molecule has 1 aliphatic carbocycles. The van der Waals surface area contributed by atoms with E-state index in [1.54, 1.807) is 0 Å². The minimum atomic E-state index is 0.529. The number of hydrogen-bond acceptors (Lipinski definition) is 2. The summed E-state index contributed by atoms with van der Waals surface area (Å²) in [5, 5.41) is 3.60. The highest BCUT2D eigenvalue weighted by molar-refractivity contribution is 5.01. The van der Waals surface area contributed by atoms with Crippen molar-refractivity contribution in [3.63, 3.8) is 0 Å². The number of nitrogens with one attached hydrogen (secondary N) is 1. The molecule has 0 radical (unpaired) electrons. The first-order valence-electron chi connectivity index (χ1n) is 6.46. The van der Waals surface area contributed by atoms with Gasteiger partial charge in [0.2, 0.25) is 0 Å². The van der Waals surface area contributed by atoms with Crippen LogP contribution in [0.15, 0.2) is 12.4 Å². The monoisotopic (exact) mass is 221 g/mol. The fraction of sp³-hybridized carbons (Fsp3) is 0.769. The average molecular weight is 221 g/mol. The number of rotatable bonds is 6. The zero-order valence-corrected chi connectivity index (χ0v) is 10.6. The van der Waals surface area contributed by atoms with Gasteiger partial charge in [-0.05, 0) is 32.2 Å². The molecule has 3 nitrogen and oxygen atoms in total. The Hall–Kier alpha value is -0.830. The zero-order chi connectivity index (χ0) is 11.5. The highest BCUT2D eigenvalue weighted by atomic mass is 15.1. The molecule has 1 aromatic heterocycles. The van der Waals surface area contributed by atoms with Gasteiger partial charge in [-0.1, -0.05) is 13.8 Å². The van der Waals surface area contributed by atoms with Gasteiger partial charge < -0.3 is 9.88 Å². The minimum absolute atomic E-state index is 0.529. The summed E-state index contributed by atoms with van der Waals surface area (Å²) < 4.78 is 2.25. The second-order valence-electron chi connectivity index (χ2n) is 5.02. The quantitative estimate of drug-likeness (QED) is 0.799. The predicted octanol–water partition coefficient (Wildman–Crippen LogP) is 2.39. The summed E-state index contributed by atoms with van der Waals surface area (Å²) in [5.41, 5.74) is 0. The van der Waals surface area contributed by atoms with Crippen molar-refractivity contribution < 1.29 is 0 Å². The van der Waals surface area contributed by atoms with Crippen molar-refractivity contribution in [3.8, 4) is 0 Å². The van der Waals surface area contributed by atoms with Gasteiger partial charge in [0.1, 0.15) is 5.82 Å². The van der Waals surface area contributed by atoms with Gasteiger partial charge in [0, 0.05) is 30.9 Å². The third-order valence-electron chi connectivity index (χ3n) is 3.66. The lowest BCUT2D eigenvalue weighted by Gasteiger charge is -2.20. The molecule has 2 unspecified atom stereocenters. The summed E-state index contributed by atoms with van der Waals surface area (Å²) in [4.78, 5) is 4.49. The van der Waals surface area contributed by atoms with E-state index in [9.17, 15) is 0 Å². The molecule has 1 heterocycles. The maximum atomic E-state index is 4.49. The van der Waals surface area contributed by atoms with E-state index < -0.39 is 0 Å². The summed E-state index contributed by atoms with van der Waals surface area (Å²) in [6, 6.07) is 0.806. The van der Waals surface area contributed by atoms with Gasteiger partial charge in [0.25, 0.3) is 0 Å². The number of nitrogens with zero attached hydrogens (tertiary/aromatic N) is 2. The lowest BCUT2D eigenvalue weighted by Crippen LogP contribution is -2.27. The Morgan fingerprint density at radius 2 is 2.25 bits per heavy atom. The van der Waals surface area contributed by atoms with Crippen LogP contribution in [0, 0.1) is 5.92 Å². The first-order chi connectivity index (χ1) is 7.72. The summed E-state index contributed by atoms with van der Waals surface area (Å²) in [6.45, 7) is 8.90. The van der Waals surface area contributed by atoms with Crippen molar-refractivity contribution >= 4 is 0 Å². The van der Waals surface area contributed by atoms with Crippen molar-refractivity contribution in [2.75, 3.05) is 6.54 Å². The maximum absolute atomic E-state index is 4.49. The van der Waals surface area contributed by atoms with Gasteiger partial charge >= 0.3 is 0 Å². The molecule has 1 aliphatic rings. The maximum Gasteiger partial charge on any atom is 0.111 e. The molecule has 16 heavy (non-hydrogen) atoms. The van der Waals surface area contributed by atoms with Crippen molar-refractivity contribution in [1.82, 2.24) is 14.9 Å². The topological polar surface area (TPSA) is 29.9 Å². The van der Waals surface area contributed by atoms with Gasteiger partial charge in [0.05, 0.1) is 0 Å². The zero-order valence-electron chi connectivity index (χ0n) is 10.6. The molecule has 1 aromatic rings. The van der Waals surface area contributed by atoms with Crippen LogP contribution in [0.25, 0.3) is 0 Å². The van der Waals surface area contributed by atoms with Gasteiger partial charge in [0.15, 0.2) is 0 Å². The molecule has 1 N–H and O–H groups in total. The molecule has 1 fully saturated rings. The van der Waals surface area contributed by atoms with Crippen LogP contribution in [0.3, 0.4) is 0 Å². The average Bonchev–Trinajstić information content (AvgIpc) is 3.00. The van der Waals surface area contributed by atoms with E-state index in [1.807, 2.05) is 6.20 Å². The first-order valence-corrected chi connectivity index (χ1v) is 6.46. The molecule has 3 heteroatoms. The molecule has 1 saturated carbocycles. The van der Waals surface area contributed by atoms with Gasteiger partial charge in [-0.3, -0.25) is 0 Å². The van der Waals surface area contributed by atoms with Crippen LogP contribution in [0.1, 0.15) is 45.4 Å². The summed E-state index contributed by atoms with van der Waals surface area (Å²) in [6.07, 6.45) is 6.72. The van der Waals surface area contributed by atoms with E-state index in [0.29, 0.717) is 11.8 Å². The highest BCUT2D eigenvalue weighted by Gasteiger charge is 2.24. The summed E-state index contributed by atoms with van der Waals surface area (Å²) >= 11 is 0. The Morgan fingerprint density at radius 1 is 1.50 bits per heavy atom. The third-order valence-corrected chi connectivity index (χ3v) is 3.66. The molecule has 0 aliphatic heterocycles. The second kappa shape index (κ2) is 5.00. The fourth-order valence-corrected chi connectivity index (χ4v) is 2.06. The van der Waals surface area contributed by atoms with Crippen LogP contribution >= 0.6 is 0 Å². The van der Waals surface area contributed by atoms with Crippen LogP contribution in [-0.4, -0.2) is 22.1 Å². The Balaban J connectivity index is 1.91. The van der Waals surface area contributed by atoms with Crippen LogP contribution in [0.2, 0.25) is 0 Å². The molecule has 0 amide bonds. The highest BCUT2D eigenvalue weighted by Crippen LogP contribution is 2.24. The lowest BCUT2D eigenvalue weighted by atomic mass is 9.95. The molecule has 2 rings (SSSR count). The van der Waals surface area contributed by atoms with Crippen LogP contribution in [-0.2, 0) is 6.54 Å². The van der Waals surface area contributed by atoms with Gasteiger partial charge in [-0.25, -0.2) is 4.98 Å². The van der Waals surface area contributed by atoms with Crippen molar-refractivity contribution in [1.29, 1.82) is 0 Å². The molecule has 0 saturated heterocycles. The largest absolute Gasteiger partial charge is 0.335 e. The van der Waals surface area contributed by atoms with Crippen LogP contribution in [0.4, 0.5) is 0 Å². The van der Waals surface area contributed by atoms with Crippen molar-refractivity contribution in [2.24, 2.45) is 5.92 Å². The minimum Gasteiger partial charge on any atom is -0.335 e. The van der Waals surface area contributed by atoms with E-state index >= 15 is 0 Å². The smallest absolute Gasteiger partial charge is 0.111 e. The van der Waals surface area contributed by atoms with Gasteiger partial charge in [-0.15, -0.1) is 0 Å². The molecule has 90 valence electrons. The van der Waals surface area contributed by atoms with E-state index in [-0.39, 0.29) is 0 Å². The van der Waals surface area contributed by atoms with Crippen molar-refractivity contribution in [2.45, 2.75) is 52.1 Å². The number of aryl methyl sites for hydroxylation is 1. The normalized spacial score (nSPS) is 19.7. The molecule has 0 bridgehead atoms. The van der Waals surface area contributed by atoms with E-state index in [4.69, 9.17) is 0 Å². The third kappa shape index (κ3) is 2.64. The molecule has 0 aromatic carbocycles. The Labute approximate surface area is 98.3 Å². The molecular formula is C13H23N3. The Bertz CT molecular complexity index is 328. The van der Waals surface area contributed by atoms with Crippen molar-refractivity contribution in [3.05, 3.63) is 18.2 Å². The Morgan fingerprint density at radius 3 is 2.88 bits per heavy atom. The molecule has 2 atom stereocenters. The SMILES string of the molecule is CCn1ccnc1C(C)C(C)CNC1CC1. The van der Waals surface area contributed by atoms with Gasteiger partial charge in [-0.2, -0.15) is 0 Å². The number of aromatic nitrogens is 2. The lowest BCUT2D eigenvalue weighted by molar-refractivity contribution is 0.421. The molecule has 0 spiro atoms. The van der Waals surface area contributed by atoms with E-state index in [2.05, 4.69) is 41.8 Å². The molecular weight excluding hydrogens is 198 g/mol. The standard InChI is InChI=1S/C13H23N3/c1-4-16-8-7-14-13(16)11(3)10(2)9-15-12-5-6-12/h7-8,10-12,15H,4-6,9H2,1-3H3. The fourth-order valence-electron chi connectivity index (χ4n) is 2.06. The van der Waals surface area contributed by atoms with Crippen LogP contribution < -0.4 is 5.32 Å². The summed E-state index contributed by atoms with van der Waals surface area (Å²) in [7, 11) is 0. The Kier molecular flexibility index (Phi) is 3.64.